The number of benzene rings is 1. The Kier molecular flexibility index (Phi) is 7.87. The zero-order valence-electron chi connectivity index (χ0n) is 22.3. The van der Waals surface area contributed by atoms with E-state index in [-0.39, 0.29) is 30.1 Å². The summed E-state index contributed by atoms with van der Waals surface area (Å²) >= 11 is 6.55. The van der Waals surface area contributed by atoms with Crippen LogP contribution < -0.4 is 10.2 Å². The first-order valence-electron chi connectivity index (χ1n) is 12.8. The number of nitrogens with zero attached hydrogens (tertiary/aromatic N) is 7. The molecule has 2 aliphatic rings. The van der Waals surface area contributed by atoms with E-state index in [1.54, 1.807) is 30.1 Å². The summed E-state index contributed by atoms with van der Waals surface area (Å²) in [4.78, 5) is 27.9. The monoisotopic (exact) mass is 612 g/mol. The minimum Gasteiger partial charge on any atom is -0.360 e. The van der Waals surface area contributed by atoms with Gasteiger partial charge in [0.1, 0.15) is 23.3 Å². The summed E-state index contributed by atoms with van der Waals surface area (Å²) in [5.41, 5.74) is -0.214. The van der Waals surface area contributed by atoms with Crippen LogP contribution in [-0.2, 0) is 21.0 Å². The lowest BCUT2D eigenvalue weighted by atomic mass is 10.1. The van der Waals surface area contributed by atoms with Gasteiger partial charge in [-0.2, -0.15) is 13.2 Å². The molecule has 1 aromatic carbocycles. The van der Waals surface area contributed by atoms with Crippen LogP contribution in [-0.4, -0.2) is 95.1 Å². The highest BCUT2D eigenvalue weighted by molar-refractivity contribution is 7.88. The average Bonchev–Trinajstić information content (AvgIpc) is 3.39. The number of carbonyl (C=O) groups excluding carboxylic acids is 1. The predicted molar refractivity (Wildman–Crippen MR) is 148 cm³/mol. The minimum absolute atomic E-state index is 0.00533. The molecule has 2 fully saturated rings. The summed E-state index contributed by atoms with van der Waals surface area (Å²) in [5, 5.41) is 3.37. The molecule has 0 bridgehead atoms. The molecule has 2 aromatic heterocycles. The second-order valence-corrected chi connectivity index (χ2v) is 12.5. The van der Waals surface area contributed by atoms with E-state index < -0.39 is 27.5 Å². The Balaban J connectivity index is 1.38. The molecule has 220 valence electrons. The fourth-order valence-corrected chi connectivity index (χ4v) is 5.97. The van der Waals surface area contributed by atoms with Crippen molar-refractivity contribution in [2.75, 3.05) is 56.2 Å². The topological polar surface area (TPSA) is 117 Å². The van der Waals surface area contributed by atoms with E-state index in [1.807, 2.05) is 4.90 Å². The third-order valence-electron chi connectivity index (χ3n) is 7.21. The highest BCUT2D eigenvalue weighted by Gasteiger charge is 2.36. The number of piperidine rings is 1. The number of hydrogen-bond donors (Lipinski definition) is 1. The third-order valence-corrected chi connectivity index (χ3v) is 8.81. The van der Waals surface area contributed by atoms with Gasteiger partial charge in [-0.3, -0.25) is 4.79 Å². The smallest absolute Gasteiger partial charge is 0.360 e. The molecular formula is C25H28ClF3N8O3S. The molecule has 1 N–H and O–H groups in total. The van der Waals surface area contributed by atoms with Crippen LogP contribution in [0.2, 0.25) is 5.02 Å². The van der Waals surface area contributed by atoms with Gasteiger partial charge in [0.25, 0.3) is 0 Å². The summed E-state index contributed by atoms with van der Waals surface area (Å²) < 4.78 is 68.1. The van der Waals surface area contributed by atoms with Gasteiger partial charge in [-0.05, 0) is 31.0 Å². The van der Waals surface area contributed by atoms with Gasteiger partial charge in [0.15, 0.2) is 0 Å². The van der Waals surface area contributed by atoms with E-state index in [1.165, 1.54) is 21.4 Å². The van der Waals surface area contributed by atoms with Gasteiger partial charge in [0.2, 0.25) is 21.9 Å². The summed E-state index contributed by atoms with van der Waals surface area (Å²) in [6.07, 6.45) is 0.809. The molecule has 11 nitrogen and oxygen atoms in total. The van der Waals surface area contributed by atoms with Crippen LogP contribution in [0, 0.1) is 0 Å². The molecule has 2 saturated heterocycles. The Bertz CT molecular complexity index is 1560. The van der Waals surface area contributed by atoms with Crippen LogP contribution in [0.1, 0.15) is 18.4 Å². The summed E-state index contributed by atoms with van der Waals surface area (Å²) in [5.74, 6) is -0.0151. The van der Waals surface area contributed by atoms with Crippen molar-refractivity contribution >= 4 is 39.2 Å². The quantitative estimate of drug-likeness (QED) is 0.451. The molecule has 0 spiro atoms. The van der Waals surface area contributed by atoms with Crippen molar-refractivity contribution in [2.45, 2.75) is 25.1 Å². The predicted octanol–water partition coefficient (Wildman–Crippen LogP) is 3.12. The number of alkyl halides is 3. The van der Waals surface area contributed by atoms with Gasteiger partial charge >= 0.3 is 6.18 Å². The molecule has 1 amide bonds. The standard InChI is InChI=1S/C25H28ClF3N8O3S/c1-34-9-10-35(14-22(34)38)17-3-4-21(19(26)11-17)36-13-20(31-15-36)23-18(25(27,28)29)12-30-24(33-23)32-16-5-7-37(8-6-16)41(2,39)40/h3-4,11-13,15-16H,5-10,14H2,1-2H3,(H,30,32,33). The molecular weight excluding hydrogens is 585 g/mol. The molecule has 16 heteroatoms. The zero-order valence-corrected chi connectivity index (χ0v) is 23.8. The number of likely N-dealkylation sites (N-methyl/N-ethyl adjacent to an activating group) is 1. The summed E-state index contributed by atoms with van der Waals surface area (Å²) in [7, 11) is -1.56. The van der Waals surface area contributed by atoms with Crippen LogP contribution >= 0.6 is 11.6 Å². The Morgan fingerprint density at radius 2 is 1.83 bits per heavy atom. The molecule has 0 aliphatic carbocycles. The van der Waals surface area contributed by atoms with Gasteiger partial charge in [-0.25, -0.2) is 27.7 Å². The number of nitrogens with one attached hydrogen (secondary N) is 1. The van der Waals surface area contributed by atoms with Gasteiger partial charge in [0.05, 0.1) is 23.5 Å². The van der Waals surface area contributed by atoms with Crippen molar-refractivity contribution in [1.29, 1.82) is 0 Å². The Hall–Kier alpha value is -3.43. The van der Waals surface area contributed by atoms with Crippen molar-refractivity contribution in [3.05, 3.63) is 47.5 Å². The number of anilines is 2. The maximum atomic E-state index is 13.9. The van der Waals surface area contributed by atoms with Gasteiger partial charge < -0.3 is 19.7 Å². The molecule has 3 aromatic rings. The Morgan fingerprint density at radius 3 is 2.46 bits per heavy atom. The largest absolute Gasteiger partial charge is 0.420 e. The molecule has 5 rings (SSSR count). The van der Waals surface area contributed by atoms with Crippen LogP contribution in [0.4, 0.5) is 24.8 Å². The summed E-state index contributed by atoms with van der Waals surface area (Å²) in [6.45, 7) is 2.04. The van der Waals surface area contributed by atoms with Gasteiger partial charge in [-0.15, -0.1) is 0 Å². The SMILES string of the molecule is CN1CCN(c2ccc(-n3cnc(-c4nc(NC5CCN(S(C)(=O)=O)CC5)ncc4C(F)(F)F)c3)c(Cl)c2)CC1=O. The highest BCUT2D eigenvalue weighted by atomic mass is 35.5. The normalized spacial score (nSPS) is 17.8. The first kappa shape index (κ1) is 29.1. The van der Waals surface area contributed by atoms with Crippen LogP contribution in [0.15, 0.2) is 36.9 Å². The van der Waals surface area contributed by atoms with E-state index in [0.29, 0.717) is 55.9 Å². The molecule has 0 saturated carbocycles. The number of halogens is 4. The van der Waals surface area contributed by atoms with E-state index in [2.05, 4.69) is 20.3 Å². The number of hydrogen-bond acceptors (Lipinski definition) is 8. The molecule has 0 unspecified atom stereocenters. The van der Waals surface area contributed by atoms with Crippen molar-refractivity contribution in [1.82, 2.24) is 28.7 Å². The van der Waals surface area contributed by atoms with E-state index in [4.69, 9.17) is 11.6 Å². The third kappa shape index (κ3) is 6.41. The first-order chi connectivity index (χ1) is 19.3. The molecule has 0 radical (unpaired) electrons. The van der Waals surface area contributed by atoms with Gasteiger partial charge in [0, 0.05) is 57.3 Å². The van der Waals surface area contributed by atoms with Crippen molar-refractivity contribution in [3.63, 3.8) is 0 Å². The molecule has 41 heavy (non-hydrogen) atoms. The lowest BCUT2D eigenvalue weighted by molar-refractivity contribution is -0.137. The maximum Gasteiger partial charge on any atom is 0.420 e. The second kappa shape index (κ2) is 11.1. The highest BCUT2D eigenvalue weighted by Crippen LogP contribution is 2.36. The van der Waals surface area contributed by atoms with Gasteiger partial charge in [-0.1, -0.05) is 11.6 Å². The molecule has 2 aliphatic heterocycles. The number of aromatic nitrogens is 4. The zero-order chi connectivity index (χ0) is 29.5. The lowest BCUT2D eigenvalue weighted by Crippen LogP contribution is -2.48. The number of imidazole rings is 1. The Morgan fingerprint density at radius 1 is 1.10 bits per heavy atom. The van der Waals surface area contributed by atoms with Crippen molar-refractivity contribution < 1.29 is 26.4 Å². The number of rotatable bonds is 6. The van der Waals surface area contributed by atoms with Crippen molar-refractivity contribution in [3.8, 4) is 17.1 Å². The van der Waals surface area contributed by atoms with Crippen molar-refractivity contribution in [2.24, 2.45) is 0 Å². The number of sulfonamides is 1. The number of piperazine rings is 1. The van der Waals surface area contributed by atoms with Crippen LogP contribution in [0.25, 0.3) is 17.1 Å². The number of amides is 1. The van der Waals surface area contributed by atoms with E-state index in [0.717, 1.165) is 11.9 Å². The molecule has 4 heterocycles. The fraction of sp³-hybridized carbons (Fsp3) is 0.440. The van der Waals surface area contributed by atoms with Crippen LogP contribution in [0.3, 0.4) is 0 Å². The first-order valence-corrected chi connectivity index (χ1v) is 15.0. The lowest BCUT2D eigenvalue weighted by Gasteiger charge is -2.33. The number of carbonyl (C=O) groups is 1. The van der Waals surface area contributed by atoms with E-state index in [9.17, 15) is 26.4 Å². The second-order valence-electron chi connectivity index (χ2n) is 10.1. The fourth-order valence-electron chi connectivity index (χ4n) is 4.83. The average molecular weight is 613 g/mol. The molecule has 0 atom stereocenters. The van der Waals surface area contributed by atoms with E-state index >= 15 is 0 Å². The van der Waals surface area contributed by atoms with Crippen LogP contribution in [0.5, 0.6) is 0 Å². The minimum atomic E-state index is -4.72. The maximum absolute atomic E-state index is 13.9. The summed E-state index contributed by atoms with van der Waals surface area (Å²) in [6, 6.07) is 5.01. The Labute approximate surface area is 240 Å².